The normalized spacial score (nSPS) is 23.0. The van der Waals surface area contributed by atoms with Crippen LogP contribution < -0.4 is 0 Å². The number of β-amino-alcohol motifs (C(OH)–C–C–N with tert-alkyl or cyclic N) is 1. The summed E-state index contributed by atoms with van der Waals surface area (Å²) in [6, 6.07) is 15.2. The molecule has 1 aliphatic rings. The standard InChI is InChI=1S/C21H21ClN2O3/c1-21(27)9-10-24(12-17(21)25)20(26)19-18(13-5-3-2-4-6-13)15-11-14(22)7-8-16(15)23-19/h2-8,11,17,23,25,27H,9-10,12H2,1H3/t17-,21-/m0/s1. The first kappa shape index (κ1) is 18.0. The molecule has 140 valence electrons. The number of halogens is 1. The molecule has 27 heavy (non-hydrogen) atoms. The van der Waals surface area contributed by atoms with Crippen molar-refractivity contribution >= 4 is 28.4 Å². The predicted molar refractivity (Wildman–Crippen MR) is 106 cm³/mol. The van der Waals surface area contributed by atoms with E-state index >= 15 is 0 Å². The number of hydrogen-bond acceptors (Lipinski definition) is 3. The Kier molecular flexibility index (Phi) is 4.46. The van der Waals surface area contributed by atoms with Crippen molar-refractivity contribution in [2.75, 3.05) is 13.1 Å². The number of hydrogen-bond donors (Lipinski definition) is 3. The van der Waals surface area contributed by atoms with Crippen molar-refractivity contribution in [3.05, 3.63) is 59.2 Å². The maximum Gasteiger partial charge on any atom is 0.271 e. The average Bonchev–Trinajstić information content (AvgIpc) is 3.02. The summed E-state index contributed by atoms with van der Waals surface area (Å²) in [7, 11) is 0. The molecule has 0 radical (unpaired) electrons. The zero-order valence-corrected chi connectivity index (χ0v) is 15.7. The number of carbonyl (C=O) groups excluding carboxylic acids is 1. The Labute approximate surface area is 162 Å². The van der Waals surface area contributed by atoms with Crippen LogP contribution in [-0.4, -0.2) is 50.8 Å². The van der Waals surface area contributed by atoms with E-state index in [0.29, 0.717) is 23.7 Å². The SMILES string of the molecule is C[C@]1(O)CCN(C(=O)c2[nH]c3ccc(Cl)cc3c2-c2ccccc2)C[C@@H]1O. The van der Waals surface area contributed by atoms with Crippen LogP contribution in [-0.2, 0) is 0 Å². The van der Waals surface area contributed by atoms with Gasteiger partial charge in [-0.15, -0.1) is 0 Å². The number of rotatable bonds is 2. The molecule has 0 spiro atoms. The summed E-state index contributed by atoms with van der Waals surface area (Å²) in [5.41, 5.74) is 1.83. The zero-order valence-electron chi connectivity index (χ0n) is 14.9. The second-order valence-corrected chi connectivity index (χ2v) is 7.74. The van der Waals surface area contributed by atoms with Crippen molar-refractivity contribution in [2.24, 2.45) is 0 Å². The summed E-state index contributed by atoms with van der Waals surface area (Å²) in [4.78, 5) is 18.1. The van der Waals surface area contributed by atoms with E-state index in [1.807, 2.05) is 42.5 Å². The molecule has 1 fully saturated rings. The number of aromatic nitrogens is 1. The van der Waals surface area contributed by atoms with Gasteiger partial charge in [0.2, 0.25) is 0 Å². The lowest BCUT2D eigenvalue weighted by Gasteiger charge is -2.39. The molecular formula is C21H21ClN2O3. The molecule has 1 aliphatic heterocycles. The molecule has 6 heteroatoms. The van der Waals surface area contributed by atoms with Crippen molar-refractivity contribution in [2.45, 2.75) is 25.0 Å². The van der Waals surface area contributed by atoms with Gasteiger partial charge in [0.15, 0.2) is 0 Å². The van der Waals surface area contributed by atoms with Crippen LogP contribution >= 0.6 is 11.6 Å². The number of nitrogens with zero attached hydrogens (tertiary/aromatic N) is 1. The molecule has 1 amide bonds. The summed E-state index contributed by atoms with van der Waals surface area (Å²) in [6.07, 6.45) is -0.652. The van der Waals surface area contributed by atoms with Gasteiger partial charge in [0, 0.05) is 34.6 Å². The molecule has 3 N–H and O–H groups in total. The van der Waals surface area contributed by atoms with E-state index in [1.165, 1.54) is 0 Å². The van der Waals surface area contributed by atoms with E-state index < -0.39 is 11.7 Å². The van der Waals surface area contributed by atoms with Crippen LogP contribution in [0.15, 0.2) is 48.5 Å². The number of benzene rings is 2. The quantitative estimate of drug-likeness (QED) is 0.633. The predicted octanol–water partition coefficient (Wildman–Crippen LogP) is 3.45. The minimum Gasteiger partial charge on any atom is -0.388 e. The van der Waals surface area contributed by atoms with Gasteiger partial charge in [-0.25, -0.2) is 0 Å². The Bertz CT molecular complexity index is 997. The van der Waals surface area contributed by atoms with E-state index in [-0.39, 0.29) is 12.5 Å². The first-order chi connectivity index (χ1) is 12.9. The molecule has 1 aromatic heterocycles. The van der Waals surface area contributed by atoms with Gasteiger partial charge >= 0.3 is 0 Å². The number of carbonyl (C=O) groups is 1. The zero-order chi connectivity index (χ0) is 19.2. The van der Waals surface area contributed by atoms with Gasteiger partial charge in [-0.2, -0.15) is 0 Å². The van der Waals surface area contributed by atoms with Crippen LogP contribution in [0.2, 0.25) is 5.02 Å². The molecule has 2 atom stereocenters. The van der Waals surface area contributed by atoms with Gasteiger partial charge in [-0.3, -0.25) is 4.79 Å². The van der Waals surface area contributed by atoms with Crippen LogP contribution in [0.25, 0.3) is 22.0 Å². The summed E-state index contributed by atoms with van der Waals surface area (Å²) in [5, 5.41) is 21.8. The topological polar surface area (TPSA) is 76.6 Å². The van der Waals surface area contributed by atoms with Gasteiger partial charge < -0.3 is 20.1 Å². The number of aromatic amines is 1. The highest BCUT2D eigenvalue weighted by molar-refractivity contribution is 6.31. The molecule has 5 nitrogen and oxygen atoms in total. The van der Waals surface area contributed by atoms with Gasteiger partial charge in [0.25, 0.3) is 5.91 Å². The molecule has 0 saturated carbocycles. The van der Waals surface area contributed by atoms with Crippen LogP contribution in [0.5, 0.6) is 0 Å². The van der Waals surface area contributed by atoms with E-state index in [4.69, 9.17) is 11.6 Å². The van der Waals surface area contributed by atoms with Crippen molar-refractivity contribution in [1.82, 2.24) is 9.88 Å². The lowest BCUT2D eigenvalue weighted by molar-refractivity contribution is -0.0999. The van der Waals surface area contributed by atoms with E-state index in [2.05, 4.69) is 4.98 Å². The number of aliphatic hydroxyl groups excluding tert-OH is 1. The Morgan fingerprint density at radius 3 is 2.70 bits per heavy atom. The monoisotopic (exact) mass is 384 g/mol. The first-order valence-corrected chi connectivity index (χ1v) is 9.31. The van der Waals surface area contributed by atoms with Crippen LogP contribution in [0, 0.1) is 0 Å². The number of nitrogens with one attached hydrogen (secondary N) is 1. The Morgan fingerprint density at radius 1 is 1.26 bits per heavy atom. The van der Waals surface area contributed by atoms with Crippen LogP contribution in [0.3, 0.4) is 0 Å². The fraction of sp³-hybridized carbons (Fsp3) is 0.286. The van der Waals surface area contributed by atoms with E-state index in [1.54, 1.807) is 17.9 Å². The number of piperidine rings is 1. The van der Waals surface area contributed by atoms with Crippen molar-refractivity contribution in [1.29, 1.82) is 0 Å². The molecule has 2 heterocycles. The second kappa shape index (κ2) is 6.68. The van der Waals surface area contributed by atoms with E-state index in [9.17, 15) is 15.0 Å². The lowest BCUT2D eigenvalue weighted by Crippen LogP contribution is -2.55. The van der Waals surface area contributed by atoms with Crippen molar-refractivity contribution in [3.63, 3.8) is 0 Å². The fourth-order valence-corrected chi connectivity index (χ4v) is 3.77. The number of fused-ring (bicyclic) bond motifs is 1. The first-order valence-electron chi connectivity index (χ1n) is 8.93. The molecule has 0 unspecified atom stereocenters. The van der Waals surface area contributed by atoms with Crippen LogP contribution in [0.4, 0.5) is 0 Å². The number of aliphatic hydroxyl groups is 2. The van der Waals surface area contributed by atoms with Gasteiger partial charge in [0.1, 0.15) is 5.69 Å². The Morgan fingerprint density at radius 2 is 2.00 bits per heavy atom. The average molecular weight is 385 g/mol. The number of likely N-dealkylation sites (tertiary alicyclic amines) is 1. The highest BCUT2D eigenvalue weighted by Gasteiger charge is 2.39. The van der Waals surface area contributed by atoms with Crippen molar-refractivity contribution < 1.29 is 15.0 Å². The highest BCUT2D eigenvalue weighted by Crippen LogP contribution is 2.35. The maximum atomic E-state index is 13.3. The summed E-state index contributed by atoms with van der Waals surface area (Å²) in [6.45, 7) is 2.07. The summed E-state index contributed by atoms with van der Waals surface area (Å²) in [5.74, 6) is -0.198. The van der Waals surface area contributed by atoms with Gasteiger partial charge in [0.05, 0.1) is 11.7 Å². The number of amides is 1. The molecular weight excluding hydrogens is 364 g/mol. The third-order valence-corrected chi connectivity index (χ3v) is 5.56. The molecule has 4 rings (SSSR count). The molecule has 0 aliphatic carbocycles. The summed E-state index contributed by atoms with van der Waals surface area (Å²) >= 11 is 6.20. The molecule has 2 aromatic carbocycles. The van der Waals surface area contributed by atoms with E-state index in [0.717, 1.165) is 22.0 Å². The minimum absolute atomic E-state index is 0.0934. The fourth-order valence-electron chi connectivity index (χ4n) is 3.60. The lowest BCUT2D eigenvalue weighted by atomic mass is 9.90. The van der Waals surface area contributed by atoms with Crippen molar-refractivity contribution in [3.8, 4) is 11.1 Å². The highest BCUT2D eigenvalue weighted by atomic mass is 35.5. The third-order valence-electron chi connectivity index (χ3n) is 5.32. The van der Waals surface area contributed by atoms with Gasteiger partial charge in [-0.05, 0) is 37.1 Å². The molecule has 0 bridgehead atoms. The largest absolute Gasteiger partial charge is 0.388 e. The second-order valence-electron chi connectivity index (χ2n) is 7.31. The number of H-pyrrole nitrogens is 1. The Balaban J connectivity index is 1.81. The maximum absolute atomic E-state index is 13.3. The smallest absolute Gasteiger partial charge is 0.271 e. The Hall–Kier alpha value is -2.34. The molecule has 3 aromatic rings. The van der Waals surface area contributed by atoms with Gasteiger partial charge in [-0.1, -0.05) is 41.9 Å². The molecule has 1 saturated heterocycles. The third kappa shape index (κ3) is 3.23. The minimum atomic E-state index is -1.17. The van der Waals surface area contributed by atoms with Crippen LogP contribution in [0.1, 0.15) is 23.8 Å². The summed E-state index contributed by atoms with van der Waals surface area (Å²) < 4.78 is 0.